The Morgan fingerprint density at radius 3 is 2.85 bits per heavy atom. The highest BCUT2D eigenvalue weighted by atomic mass is 79.9. The standard InChI is InChI=1S/C7H8BrN3O2/c8-2-1-5-3-10-4-6(7(5)9)11(12)13/h3-4H,1-2H2,(H2,9,10). The molecule has 1 rings (SSSR count). The van der Waals surface area contributed by atoms with Gasteiger partial charge in [-0.1, -0.05) is 15.9 Å². The highest BCUT2D eigenvalue weighted by molar-refractivity contribution is 9.09. The first-order chi connectivity index (χ1) is 6.16. The molecule has 0 atom stereocenters. The van der Waals surface area contributed by atoms with Crippen molar-refractivity contribution in [3.63, 3.8) is 0 Å². The third kappa shape index (κ3) is 2.15. The monoisotopic (exact) mass is 245 g/mol. The number of halogens is 1. The summed E-state index contributed by atoms with van der Waals surface area (Å²) in [6.45, 7) is 0. The Morgan fingerprint density at radius 2 is 2.31 bits per heavy atom. The Morgan fingerprint density at radius 1 is 1.62 bits per heavy atom. The van der Waals surface area contributed by atoms with E-state index in [2.05, 4.69) is 20.9 Å². The second kappa shape index (κ2) is 4.18. The number of nitrogens with two attached hydrogens (primary N) is 1. The predicted molar refractivity (Wildman–Crippen MR) is 52.8 cm³/mol. The van der Waals surface area contributed by atoms with E-state index in [1.807, 2.05) is 0 Å². The lowest BCUT2D eigenvalue weighted by Crippen LogP contribution is -2.01. The van der Waals surface area contributed by atoms with Crippen molar-refractivity contribution in [2.24, 2.45) is 0 Å². The molecule has 0 aromatic carbocycles. The molecule has 0 aliphatic carbocycles. The zero-order valence-electron chi connectivity index (χ0n) is 6.74. The maximum atomic E-state index is 10.5. The minimum Gasteiger partial charge on any atom is -0.393 e. The molecule has 1 aromatic heterocycles. The van der Waals surface area contributed by atoms with Gasteiger partial charge in [0.15, 0.2) is 0 Å². The highest BCUT2D eigenvalue weighted by Gasteiger charge is 2.14. The minimum atomic E-state index is -0.528. The van der Waals surface area contributed by atoms with Crippen molar-refractivity contribution >= 4 is 27.3 Å². The normalized spacial score (nSPS) is 9.92. The largest absolute Gasteiger partial charge is 0.393 e. The molecule has 0 aliphatic heterocycles. The summed E-state index contributed by atoms with van der Waals surface area (Å²) in [6, 6.07) is 0. The van der Waals surface area contributed by atoms with Gasteiger partial charge >= 0.3 is 5.69 Å². The third-order valence-electron chi connectivity index (χ3n) is 1.61. The van der Waals surface area contributed by atoms with Crippen LogP contribution in [0.2, 0.25) is 0 Å². The van der Waals surface area contributed by atoms with E-state index < -0.39 is 4.92 Å². The van der Waals surface area contributed by atoms with Gasteiger partial charge in [-0.2, -0.15) is 0 Å². The van der Waals surface area contributed by atoms with E-state index in [0.717, 1.165) is 6.20 Å². The van der Waals surface area contributed by atoms with Crippen molar-refractivity contribution in [2.75, 3.05) is 11.1 Å². The molecular weight excluding hydrogens is 238 g/mol. The molecule has 6 heteroatoms. The summed E-state index contributed by atoms with van der Waals surface area (Å²) >= 11 is 3.23. The number of nitrogen functional groups attached to an aromatic ring is 1. The summed E-state index contributed by atoms with van der Waals surface area (Å²) < 4.78 is 0. The molecule has 2 N–H and O–H groups in total. The average Bonchev–Trinajstić information content (AvgIpc) is 2.08. The molecule has 0 saturated carbocycles. The molecule has 0 bridgehead atoms. The van der Waals surface area contributed by atoms with Gasteiger partial charge in [0.25, 0.3) is 0 Å². The third-order valence-corrected chi connectivity index (χ3v) is 2.01. The van der Waals surface area contributed by atoms with Crippen LogP contribution in [0.15, 0.2) is 12.4 Å². The lowest BCUT2D eigenvalue weighted by atomic mass is 10.2. The summed E-state index contributed by atoms with van der Waals surface area (Å²) in [5.41, 5.74) is 6.35. The van der Waals surface area contributed by atoms with Crippen LogP contribution in [0.5, 0.6) is 0 Å². The van der Waals surface area contributed by atoms with Gasteiger partial charge in [0, 0.05) is 17.1 Å². The molecule has 1 heterocycles. The molecule has 13 heavy (non-hydrogen) atoms. The molecule has 0 unspecified atom stereocenters. The fraction of sp³-hybridized carbons (Fsp3) is 0.286. The van der Waals surface area contributed by atoms with E-state index >= 15 is 0 Å². The van der Waals surface area contributed by atoms with Crippen LogP contribution in [-0.2, 0) is 6.42 Å². The maximum Gasteiger partial charge on any atom is 0.310 e. The zero-order valence-corrected chi connectivity index (χ0v) is 8.32. The van der Waals surface area contributed by atoms with Crippen LogP contribution in [-0.4, -0.2) is 15.2 Å². The average molecular weight is 246 g/mol. The van der Waals surface area contributed by atoms with Crippen LogP contribution in [0, 0.1) is 10.1 Å². The summed E-state index contributed by atoms with van der Waals surface area (Å²) in [5, 5.41) is 11.2. The fourth-order valence-corrected chi connectivity index (χ4v) is 1.38. The lowest BCUT2D eigenvalue weighted by Gasteiger charge is -2.02. The van der Waals surface area contributed by atoms with Gasteiger partial charge in [0.2, 0.25) is 0 Å². The Kier molecular flexibility index (Phi) is 3.18. The summed E-state index contributed by atoms with van der Waals surface area (Å²) in [7, 11) is 0. The van der Waals surface area contributed by atoms with Crippen molar-refractivity contribution in [3.05, 3.63) is 28.1 Å². The number of hydrogen-bond donors (Lipinski definition) is 1. The molecular formula is C7H8BrN3O2. The number of alkyl halides is 1. The quantitative estimate of drug-likeness (QED) is 0.497. The van der Waals surface area contributed by atoms with Crippen LogP contribution in [0.4, 0.5) is 11.4 Å². The Bertz CT molecular complexity index is 330. The number of aryl methyl sites for hydroxylation is 1. The molecule has 5 nitrogen and oxygen atoms in total. The van der Waals surface area contributed by atoms with Gasteiger partial charge in [-0.05, 0) is 6.42 Å². The molecule has 0 aliphatic rings. The van der Waals surface area contributed by atoms with E-state index in [-0.39, 0.29) is 11.4 Å². The molecule has 70 valence electrons. The number of hydrogen-bond acceptors (Lipinski definition) is 4. The first-order valence-electron chi connectivity index (χ1n) is 3.59. The van der Waals surface area contributed by atoms with Crippen LogP contribution < -0.4 is 5.73 Å². The van der Waals surface area contributed by atoms with Gasteiger partial charge in [-0.15, -0.1) is 0 Å². The van der Waals surface area contributed by atoms with Gasteiger partial charge in [-0.3, -0.25) is 15.1 Å². The van der Waals surface area contributed by atoms with Crippen molar-refractivity contribution in [1.82, 2.24) is 4.98 Å². The lowest BCUT2D eigenvalue weighted by molar-refractivity contribution is -0.384. The first-order valence-corrected chi connectivity index (χ1v) is 4.71. The summed E-state index contributed by atoms with van der Waals surface area (Å²) in [5.74, 6) is 0. The molecule has 0 saturated heterocycles. The van der Waals surface area contributed by atoms with E-state index in [4.69, 9.17) is 5.73 Å². The van der Waals surface area contributed by atoms with E-state index in [1.165, 1.54) is 0 Å². The molecule has 0 fully saturated rings. The number of anilines is 1. The van der Waals surface area contributed by atoms with Crippen LogP contribution in [0.25, 0.3) is 0 Å². The van der Waals surface area contributed by atoms with Gasteiger partial charge in [0.1, 0.15) is 11.9 Å². The maximum absolute atomic E-state index is 10.5. The number of aromatic nitrogens is 1. The van der Waals surface area contributed by atoms with Gasteiger partial charge in [0.05, 0.1) is 4.92 Å². The smallest absolute Gasteiger partial charge is 0.310 e. The molecule has 1 aromatic rings. The number of nitro groups is 1. The van der Waals surface area contributed by atoms with Gasteiger partial charge in [-0.25, -0.2) is 0 Å². The molecule has 0 radical (unpaired) electrons. The van der Waals surface area contributed by atoms with Gasteiger partial charge < -0.3 is 5.73 Å². The fourth-order valence-electron chi connectivity index (χ4n) is 0.948. The van der Waals surface area contributed by atoms with E-state index in [1.54, 1.807) is 6.20 Å². The van der Waals surface area contributed by atoms with Crippen molar-refractivity contribution in [1.29, 1.82) is 0 Å². The second-order valence-electron chi connectivity index (χ2n) is 2.43. The second-order valence-corrected chi connectivity index (χ2v) is 3.22. The van der Waals surface area contributed by atoms with Crippen molar-refractivity contribution in [3.8, 4) is 0 Å². The van der Waals surface area contributed by atoms with E-state index in [9.17, 15) is 10.1 Å². The Hall–Kier alpha value is -1.17. The predicted octanol–water partition coefficient (Wildman–Crippen LogP) is 1.51. The summed E-state index contributed by atoms with van der Waals surface area (Å²) in [6.07, 6.45) is 3.34. The molecule has 0 amide bonds. The Balaban J connectivity index is 3.10. The zero-order chi connectivity index (χ0) is 9.84. The number of rotatable bonds is 3. The van der Waals surface area contributed by atoms with Crippen molar-refractivity contribution in [2.45, 2.75) is 6.42 Å². The molecule has 0 spiro atoms. The van der Waals surface area contributed by atoms with Crippen LogP contribution in [0.1, 0.15) is 5.56 Å². The summed E-state index contributed by atoms with van der Waals surface area (Å²) in [4.78, 5) is 13.7. The topological polar surface area (TPSA) is 82.0 Å². The number of nitrogens with zero attached hydrogens (tertiary/aromatic N) is 2. The number of pyridine rings is 1. The highest BCUT2D eigenvalue weighted by Crippen LogP contribution is 2.23. The van der Waals surface area contributed by atoms with Crippen LogP contribution in [0.3, 0.4) is 0 Å². The van der Waals surface area contributed by atoms with E-state index in [0.29, 0.717) is 17.3 Å². The Labute approximate surface area is 83.2 Å². The minimum absolute atomic E-state index is 0.126. The first kappa shape index (κ1) is 9.91. The van der Waals surface area contributed by atoms with Crippen LogP contribution >= 0.6 is 15.9 Å². The van der Waals surface area contributed by atoms with Crippen molar-refractivity contribution < 1.29 is 4.92 Å². The SMILES string of the molecule is Nc1c(CCBr)cncc1[N+](=O)[O-].